The van der Waals surface area contributed by atoms with Crippen molar-refractivity contribution in [2.45, 2.75) is 28.9 Å². The Kier molecular flexibility index (Phi) is 7.32. The molecule has 3 atom stereocenters. The van der Waals surface area contributed by atoms with Crippen molar-refractivity contribution in [1.29, 1.82) is 0 Å². The highest BCUT2D eigenvalue weighted by molar-refractivity contribution is 8.00. The first-order valence-corrected chi connectivity index (χ1v) is 15.7. The molecular weight excluding hydrogens is 643 g/mol. The number of anilines is 2. The van der Waals surface area contributed by atoms with E-state index in [1.165, 1.54) is 34.9 Å². The average molecular weight is 664 g/mol. The van der Waals surface area contributed by atoms with Gasteiger partial charge in [0.25, 0.3) is 0 Å². The SMILES string of the molecule is O=C(Cn1c2c(sc1=O)[C@@H](c1ccc(F)cc1)[C@@H]1C(=O)N(c3cccc(C(F)(F)F)c3)C(=O)[C@@H]1S2)Nc1ccc2ccccc2c1. The van der Waals surface area contributed by atoms with Gasteiger partial charge in [-0.15, -0.1) is 0 Å². The van der Waals surface area contributed by atoms with Crippen LogP contribution in [0.15, 0.2) is 101 Å². The molecule has 1 aromatic heterocycles. The lowest BCUT2D eigenvalue weighted by atomic mass is 9.83. The highest BCUT2D eigenvalue weighted by atomic mass is 32.2. The van der Waals surface area contributed by atoms with Crippen LogP contribution in [0.4, 0.5) is 28.9 Å². The van der Waals surface area contributed by atoms with Crippen molar-refractivity contribution in [3.05, 3.63) is 122 Å². The lowest BCUT2D eigenvalue weighted by molar-refractivity contribution is -0.137. The van der Waals surface area contributed by atoms with Gasteiger partial charge in [0, 0.05) is 16.5 Å². The summed E-state index contributed by atoms with van der Waals surface area (Å²) in [5.41, 5.74) is -0.285. The topological polar surface area (TPSA) is 88.5 Å². The van der Waals surface area contributed by atoms with Gasteiger partial charge >= 0.3 is 11.0 Å². The molecule has 0 saturated carbocycles. The number of thioether (sulfide) groups is 1. The molecule has 2 aliphatic rings. The number of benzene rings is 4. The van der Waals surface area contributed by atoms with Gasteiger partial charge in [0.15, 0.2) is 0 Å². The molecular formula is C33H21F4N3O4S2. The molecule has 4 aromatic carbocycles. The summed E-state index contributed by atoms with van der Waals surface area (Å²) in [7, 11) is 0. The van der Waals surface area contributed by atoms with Crippen LogP contribution < -0.4 is 15.1 Å². The quantitative estimate of drug-likeness (QED) is 0.168. The zero-order valence-corrected chi connectivity index (χ0v) is 25.1. The molecule has 0 bridgehead atoms. The Labute approximate surface area is 266 Å². The normalized spacial score (nSPS) is 19.3. The van der Waals surface area contributed by atoms with Gasteiger partial charge in [0.2, 0.25) is 17.7 Å². The van der Waals surface area contributed by atoms with E-state index < -0.39 is 63.8 Å². The van der Waals surface area contributed by atoms with Crippen LogP contribution in [-0.2, 0) is 27.1 Å². The van der Waals surface area contributed by atoms with E-state index in [0.29, 0.717) is 21.2 Å². The molecule has 0 spiro atoms. The Morgan fingerprint density at radius 2 is 1.59 bits per heavy atom. The van der Waals surface area contributed by atoms with Gasteiger partial charge in [-0.3, -0.25) is 23.7 Å². The largest absolute Gasteiger partial charge is 0.416 e. The van der Waals surface area contributed by atoms with Crippen LogP contribution in [0.3, 0.4) is 0 Å². The van der Waals surface area contributed by atoms with Crippen molar-refractivity contribution in [2.75, 3.05) is 10.2 Å². The third-order valence-corrected chi connectivity index (χ3v) is 10.6. The average Bonchev–Trinajstić information content (AvgIpc) is 3.47. The molecule has 46 heavy (non-hydrogen) atoms. The number of alkyl halides is 3. The number of carbonyl (C=O) groups excluding carboxylic acids is 3. The van der Waals surface area contributed by atoms with Crippen LogP contribution in [0.2, 0.25) is 0 Å². The minimum atomic E-state index is -4.70. The summed E-state index contributed by atoms with van der Waals surface area (Å²) in [6.07, 6.45) is -4.70. The zero-order chi connectivity index (χ0) is 32.3. The van der Waals surface area contributed by atoms with E-state index in [2.05, 4.69) is 5.32 Å². The van der Waals surface area contributed by atoms with E-state index in [1.807, 2.05) is 30.3 Å². The molecule has 232 valence electrons. The van der Waals surface area contributed by atoms with Crippen LogP contribution in [0, 0.1) is 11.7 Å². The maximum absolute atomic E-state index is 13.9. The highest BCUT2D eigenvalue weighted by Crippen LogP contribution is 2.54. The number of halogens is 4. The molecule has 1 fully saturated rings. The second kappa shape index (κ2) is 11.2. The minimum Gasteiger partial charge on any atom is -0.325 e. The van der Waals surface area contributed by atoms with Gasteiger partial charge in [0.05, 0.1) is 22.2 Å². The smallest absolute Gasteiger partial charge is 0.325 e. The number of nitrogens with zero attached hydrogens (tertiary/aromatic N) is 2. The Morgan fingerprint density at radius 3 is 2.33 bits per heavy atom. The van der Waals surface area contributed by atoms with Gasteiger partial charge in [-0.1, -0.05) is 71.6 Å². The molecule has 1 N–H and O–H groups in total. The van der Waals surface area contributed by atoms with Gasteiger partial charge < -0.3 is 5.32 Å². The van der Waals surface area contributed by atoms with E-state index >= 15 is 0 Å². The van der Waals surface area contributed by atoms with Crippen molar-refractivity contribution >= 4 is 63.0 Å². The van der Waals surface area contributed by atoms with Gasteiger partial charge in [0.1, 0.15) is 17.6 Å². The minimum absolute atomic E-state index is 0.229. The summed E-state index contributed by atoms with van der Waals surface area (Å²) in [6, 6.07) is 22.2. The Hall–Kier alpha value is -4.75. The summed E-state index contributed by atoms with van der Waals surface area (Å²) >= 11 is 1.74. The Morgan fingerprint density at radius 1 is 0.848 bits per heavy atom. The maximum Gasteiger partial charge on any atom is 0.416 e. The summed E-state index contributed by atoms with van der Waals surface area (Å²) in [5.74, 6) is -4.51. The van der Waals surface area contributed by atoms with E-state index in [9.17, 15) is 36.7 Å². The lowest BCUT2D eigenvalue weighted by Crippen LogP contribution is -2.33. The number of nitrogens with one attached hydrogen (secondary N) is 1. The third-order valence-electron chi connectivity index (χ3n) is 8.05. The number of hydrogen-bond acceptors (Lipinski definition) is 6. The first-order chi connectivity index (χ1) is 22.0. The summed E-state index contributed by atoms with van der Waals surface area (Å²) in [6.45, 7) is -0.391. The number of amides is 3. The highest BCUT2D eigenvalue weighted by Gasteiger charge is 2.57. The fraction of sp³-hybridized carbons (Fsp3) is 0.152. The first kappa shape index (κ1) is 29.9. The van der Waals surface area contributed by atoms with Gasteiger partial charge in [-0.05, 0) is 58.8 Å². The molecule has 3 amide bonds. The monoisotopic (exact) mass is 663 g/mol. The fourth-order valence-electron chi connectivity index (χ4n) is 5.97. The molecule has 7 rings (SSSR count). The number of imide groups is 1. The Bertz CT molecular complexity index is 2110. The van der Waals surface area contributed by atoms with Crippen molar-refractivity contribution in [1.82, 2.24) is 4.57 Å². The summed E-state index contributed by atoms with van der Waals surface area (Å²) < 4.78 is 55.7. The number of fused-ring (bicyclic) bond motifs is 3. The van der Waals surface area contributed by atoms with Crippen LogP contribution in [0.5, 0.6) is 0 Å². The first-order valence-electron chi connectivity index (χ1n) is 14.0. The molecule has 0 aliphatic carbocycles. The Balaban J connectivity index is 1.26. The summed E-state index contributed by atoms with van der Waals surface area (Å²) in [5, 5.41) is 3.87. The van der Waals surface area contributed by atoms with Crippen LogP contribution >= 0.6 is 23.1 Å². The van der Waals surface area contributed by atoms with Crippen LogP contribution in [0.1, 0.15) is 21.9 Å². The molecule has 5 aromatic rings. The van der Waals surface area contributed by atoms with Crippen LogP contribution in [0.25, 0.3) is 10.8 Å². The summed E-state index contributed by atoms with van der Waals surface area (Å²) in [4.78, 5) is 55.0. The lowest BCUT2D eigenvalue weighted by Gasteiger charge is -2.30. The van der Waals surface area contributed by atoms with E-state index in [-0.39, 0.29) is 5.69 Å². The molecule has 13 heteroatoms. The predicted octanol–water partition coefficient (Wildman–Crippen LogP) is 6.66. The molecule has 2 aliphatic heterocycles. The molecule has 3 heterocycles. The third kappa shape index (κ3) is 5.18. The van der Waals surface area contributed by atoms with Crippen LogP contribution in [-0.4, -0.2) is 27.5 Å². The van der Waals surface area contributed by atoms with Crippen molar-refractivity contribution in [3.63, 3.8) is 0 Å². The zero-order valence-electron chi connectivity index (χ0n) is 23.5. The van der Waals surface area contributed by atoms with Crippen molar-refractivity contribution in [2.24, 2.45) is 5.92 Å². The molecule has 0 unspecified atom stereocenters. The molecule has 7 nitrogen and oxygen atoms in total. The maximum atomic E-state index is 13.9. The number of aromatic nitrogens is 1. The second-order valence-electron chi connectivity index (χ2n) is 10.9. The van der Waals surface area contributed by atoms with Crippen molar-refractivity contribution in [3.8, 4) is 0 Å². The van der Waals surface area contributed by atoms with Gasteiger partial charge in [-0.25, -0.2) is 9.29 Å². The fourth-order valence-corrected chi connectivity index (χ4v) is 8.74. The van der Waals surface area contributed by atoms with E-state index in [0.717, 1.165) is 57.0 Å². The van der Waals surface area contributed by atoms with Gasteiger partial charge in [-0.2, -0.15) is 13.2 Å². The van der Waals surface area contributed by atoms with E-state index in [4.69, 9.17) is 0 Å². The predicted molar refractivity (Wildman–Crippen MR) is 166 cm³/mol. The van der Waals surface area contributed by atoms with Crippen molar-refractivity contribution < 1.29 is 31.9 Å². The second-order valence-corrected chi connectivity index (χ2v) is 13.0. The molecule has 1 saturated heterocycles. The number of rotatable bonds is 5. The number of hydrogen-bond donors (Lipinski definition) is 1. The number of carbonyl (C=O) groups is 3. The standard InChI is InChI=1S/C33H21F4N3O4S2/c34-21-11-8-18(9-12-21)25-26-27(30(43)40(29(26)42)23-7-3-6-20(15-23)33(35,36)37)45-31-28(25)46-32(44)39(31)16-24(41)38-22-13-10-17-4-1-2-5-19(17)14-22/h1-15,25-27H,16H2,(H,38,41)/t25-,26-,27+/m0/s1. The van der Waals surface area contributed by atoms with E-state index in [1.54, 1.807) is 12.1 Å². The molecule has 0 radical (unpaired) electrons. The number of thiazole rings is 1.